The summed E-state index contributed by atoms with van der Waals surface area (Å²) in [7, 11) is 0. The van der Waals surface area contributed by atoms with Crippen molar-refractivity contribution in [3.05, 3.63) is 35.7 Å². The zero-order valence-corrected chi connectivity index (χ0v) is 8.07. The largest absolute Gasteiger partial charge is 0.241 e. The van der Waals surface area contributed by atoms with Crippen LogP contribution in [0.2, 0.25) is 0 Å². The minimum Gasteiger partial charge on any atom is -0.241 e. The summed E-state index contributed by atoms with van der Waals surface area (Å²) >= 11 is 0. The second-order valence-electron chi connectivity index (χ2n) is 3.60. The number of fused-ring (bicyclic) bond motifs is 1. The summed E-state index contributed by atoms with van der Waals surface area (Å²) in [5.41, 5.74) is 2.51. The predicted molar refractivity (Wildman–Crippen MR) is 55.1 cm³/mol. The fourth-order valence-corrected chi connectivity index (χ4v) is 1.51. The number of hydrogen-bond acceptors (Lipinski definition) is 2. The molecule has 0 aromatic carbocycles. The van der Waals surface area contributed by atoms with E-state index in [0.717, 1.165) is 6.42 Å². The molecule has 0 saturated carbocycles. The molecular weight excluding hydrogens is 160 g/mol. The van der Waals surface area contributed by atoms with Gasteiger partial charge in [-0.2, -0.15) is 5.10 Å². The summed E-state index contributed by atoms with van der Waals surface area (Å²) in [5.74, 6) is 0.541. The van der Waals surface area contributed by atoms with Gasteiger partial charge in [-0.15, -0.1) is 0 Å². The Morgan fingerprint density at radius 1 is 1.54 bits per heavy atom. The van der Waals surface area contributed by atoms with Gasteiger partial charge in [0.2, 0.25) is 0 Å². The zero-order valence-electron chi connectivity index (χ0n) is 8.07. The van der Waals surface area contributed by atoms with Gasteiger partial charge < -0.3 is 0 Å². The number of allylic oxidation sites excluding steroid dienone is 4. The highest BCUT2D eigenvalue weighted by atomic mass is 15.4. The maximum absolute atomic E-state index is 4.39. The Hall–Kier alpha value is -1.31. The summed E-state index contributed by atoms with van der Waals surface area (Å²) in [6.07, 6.45) is 11.5. The van der Waals surface area contributed by atoms with Gasteiger partial charge in [-0.3, -0.25) is 0 Å². The molecule has 2 nitrogen and oxygen atoms in total. The Morgan fingerprint density at radius 2 is 2.38 bits per heavy atom. The van der Waals surface area contributed by atoms with Crippen LogP contribution in [0, 0.1) is 5.92 Å². The van der Waals surface area contributed by atoms with E-state index in [0.29, 0.717) is 5.92 Å². The quantitative estimate of drug-likeness (QED) is 0.551. The van der Waals surface area contributed by atoms with Gasteiger partial charge in [0.1, 0.15) is 0 Å². The molecule has 1 atom stereocenters. The Bertz CT molecular complexity index is 321. The van der Waals surface area contributed by atoms with E-state index >= 15 is 0 Å². The highest BCUT2D eigenvalue weighted by Gasteiger charge is 2.13. The number of hydrazone groups is 1. The van der Waals surface area contributed by atoms with Crippen molar-refractivity contribution in [1.82, 2.24) is 5.01 Å². The molecule has 2 aliphatic rings. The van der Waals surface area contributed by atoms with Crippen molar-refractivity contribution in [2.45, 2.75) is 20.3 Å². The molecule has 68 valence electrons. The van der Waals surface area contributed by atoms with Crippen LogP contribution in [0.15, 0.2) is 40.8 Å². The van der Waals surface area contributed by atoms with E-state index in [-0.39, 0.29) is 0 Å². The number of nitrogens with zero attached hydrogens (tertiary/aromatic N) is 2. The third-order valence-electron chi connectivity index (χ3n) is 2.35. The highest BCUT2D eigenvalue weighted by molar-refractivity contribution is 5.61. The van der Waals surface area contributed by atoms with Crippen molar-refractivity contribution in [3.8, 4) is 0 Å². The molecule has 13 heavy (non-hydrogen) atoms. The molecular formula is C11H14N2. The first kappa shape index (κ1) is 8.30. The maximum Gasteiger partial charge on any atom is 0.0634 e. The van der Waals surface area contributed by atoms with Crippen LogP contribution in [-0.4, -0.2) is 11.2 Å². The first-order chi connectivity index (χ1) is 6.27. The summed E-state index contributed by atoms with van der Waals surface area (Å²) in [4.78, 5) is 0. The maximum atomic E-state index is 4.39. The van der Waals surface area contributed by atoms with Gasteiger partial charge in [-0.05, 0) is 30.9 Å². The molecule has 0 aliphatic carbocycles. The van der Waals surface area contributed by atoms with E-state index in [1.54, 1.807) is 0 Å². The van der Waals surface area contributed by atoms with E-state index in [9.17, 15) is 0 Å². The lowest BCUT2D eigenvalue weighted by Gasteiger charge is -2.20. The van der Waals surface area contributed by atoms with Crippen LogP contribution in [0.1, 0.15) is 20.3 Å². The average Bonchev–Trinajstić information content (AvgIpc) is 2.30. The van der Waals surface area contributed by atoms with E-state index in [4.69, 9.17) is 0 Å². The average molecular weight is 174 g/mol. The van der Waals surface area contributed by atoms with Gasteiger partial charge in [-0.25, -0.2) is 5.01 Å². The molecule has 2 heterocycles. The smallest absolute Gasteiger partial charge is 0.0634 e. The topological polar surface area (TPSA) is 15.6 Å². The van der Waals surface area contributed by atoms with Crippen molar-refractivity contribution < 1.29 is 0 Å². The number of rotatable bonds is 0. The van der Waals surface area contributed by atoms with Gasteiger partial charge in [0, 0.05) is 12.4 Å². The second-order valence-corrected chi connectivity index (χ2v) is 3.60. The molecule has 0 amide bonds. The van der Waals surface area contributed by atoms with Crippen LogP contribution in [-0.2, 0) is 0 Å². The second kappa shape index (κ2) is 3.21. The molecule has 2 rings (SSSR count). The SMILES string of the molecule is CC1=CC=CN2N=CC(C)CC=C12. The molecule has 2 aliphatic heterocycles. The van der Waals surface area contributed by atoms with Crippen molar-refractivity contribution in [2.24, 2.45) is 11.0 Å². The highest BCUT2D eigenvalue weighted by Crippen LogP contribution is 2.23. The summed E-state index contributed by atoms with van der Waals surface area (Å²) in [6, 6.07) is 0. The van der Waals surface area contributed by atoms with Crippen LogP contribution in [0.5, 0.6) is 0 Å². The summed E-state index contributed by atoms with van der Waals surface area (Å²) in [5, 5.41) is 6.33. The van der Waals surface area contributed by atoms with E-state index in [1.807, 2.05) is 23.5 Å². The van der Waals surface area contributed by atoms with Crippen molar-refractivity contribution in [1.29, 1.82) is 0 Å². The van der Waals surface area contributed by atoms with Crippen molar-refractivity contribution >= 4 is 6.21 Å². The summed E-state index contributed by atoms with van der Waals surface area (Å²) < 4.78 is 0. The molecule has 0 aromatic heterocycles. The third-order valence-corrected chi connectivity index (χ3v) is 2.35. The number of hydrogen-bond donors (Lipinski definition) is 0. The minimum absolute atomic E-state index is 0.541. The van der Waals surface area contributed by atoms with E-state index < -0.39 is 0 Å². The first-order valence-corrected chi connectivity index (χ1v) is 4.66. The summed E-state index contributed by atoms with van der Waals surface area (Å²) in [6.45, 7) is 4.30. The van der Waals surface area contributed by atoms with Gasteiger partial charge in [0.25, 0.3) is 0 Å². The van der Waals surface area contributed by atoms with Crippen LogP contribution in [0.3, 0.4) is 0 Å². The van der Waals surface area contributed by atoms with Gasteiger partial charge in [-0.1, -0.05) is 19.1 Å². The molecule has 0 radical (unpaired) electrons. The lowest BCUT2D eigenvalue weighted by Crippen LogP contribution is -2.12. The van der Waals surface area contributed by atoms with Crippen LogP contribution < -0.4 is 0 Å². The molecule has 0 N–H and O–H groups in total. The van der Waals surface area contributed by atoms with Crippen LogP contribution >= 0.6 is 0 Å². The zero-order chi connectivity index (χ0) is 9.26. The standard InChI is InChI=1S/C11H14N2/c1-9-5-6-11-10(2)4-3-7-13(11)12-8-9/h3-4,6-9H,5H2,1-2H3. The van der Waals surface area contributed by atoms with Crippen molar-refractivity contribution in [3.63, 3.8) is 0 Å². The molecule has 0 saturated heterocycles. The van der Waals surface area contributed by atoms with Gasteiger partial charge >= 0.3 is 0 Å². The molecule has 2 heteroatoms. The molecule has 0 aromatic rings. The lowest BCUT2D eigenvalue weighted by molar-refractivity contribution is 0.504. The molecule has 0 fully saturated rings. The fourth-order valence-electron chi connectivity index (χ4n) is 1.51. The molecule has 0 spiro atoms. The van der Waals surface area contributed by atoms with Crippen molar-refractivity contribution in [2.75, 3.05) is 0 Å². The van der Waals surface area contributed by atoms with Crippen LogP contribution in [0.4, 0.5) is 0 Å². The normalized spacial score (nSPS) is 26.3. The Balaban J connectivity index is 2.35. The lowest BCUT2D eigenvalue weighted by atomic mass is 10.1. The first-order valence-electron chi connectivity index (χ1n) is 4.66. The van der Waals surface area contributed by atoms with Crippen LogP contribution in [0.25, 0.3) is 0 Å². The van der Waals surface area contributed by atoms with E-state index in [1.165, 1.54) is 11.3 Å². The fraction of sp³-hybridized carbons (Fsp3) is 0.364. The Morgan fingerprint density at radius 3 is 3.23 bits per heavy atom. The Kier molecular flexibility index (Phi) is 2.05. The van der Waals surface area contributed by atoms with E-state index in [2.05, 4.69) is 31.1 Å². The molecule has 1 unspecified atom stereocenters. The Labute approximate surface area is 78.9 Å². The molecule has 0 bridgehead atoms. The predicted octanol–water partition coefficient (Wildman–Crippen LogP) is 2.67. The third kappa shape index (κ3) is 1.57. The van der Waals surface area contributed by atoms with Gasteiger partial charge in [0.05, 0.1) is 5.70 Å². The van der Waals surface area contributed by atoms with Gasteiger partial charge in [0.15, 0.2) is 0 Å². The monoisotopic (exact) mass is 174 g/mol. The minimum atomic E-state index is 0.541.